The van der Waals surface area contributed by atoms with Crippen LogP contribution >= 0.6 is 11.6 Å². The summed E-state index contributed by atoms with van der Waals surface area (Å²) >= 11 is 6.26. The molecule has 0 amide bonds. The van der Waals surface area contributed by atoms with Gasteiger partial charge in [0.2, 0.25) is 5.88 Å². The highest BCUT2D eigenvalue weighted by Crippen LogP contribution is 2.27. The van der Waals surface area contributed by atoms with E-state index in [-0.39, 0.29) is 5.88 Å². The molecule has 0 atom stereocenters. The van der Waals surface area contributed by atoms with E-state index in [0.717, 1.165) is 11.3 Å². The lowest BCUT2D eigenvalue weighted by Crippen LogP contribution is -2.02. The van der Waals surface area contributed by atoms with Crippen LogP contribution in [0.2, 0.25) is 5.02 Å². The number of methoxy groups -OCH3 is 1. The first-order valence-corrected chi connectivity index (χ1v) is 6.82. The molecular formula is C15H14ClN3O2. The molecule has 3 rings (SSSR count). The van der Waals surface area contributed by atoms with Crippen LogP contribution in [0.25, 0.3) is 5.65 Å². The largest absolute Gasteiger partial charge is 0.497 e. The Balaban J connectivity index is 2.03. The summed E-state index contributed by atoms with van der Waals surface area (Å²) in [6, 6.07) is 7.27. The van der Waals surface area contributed by atoms with Gasteiger partial charge >= 0.3 is 0 Å². The molecule has 0 bridgehead atoms. The molecule has 0 fully saturated rings. The lowest BCUT2D eigenvalue weighted by Gasteiger charge is -2.10. The molecule has 0 aliphatic rings. The van der Waals surface area contributed by atoms with Crippen LogP contribution in [0, 0.1) is 6.92 Å². The van der Waals surface area contributed by atoms with Crippen LogP contribution in [0.15, 0.2) is 30.5 Å². The molecule has 0 aliphatic carbocycles. The summed E-state index contributed by atoms with van der Waals surface area (Å²) in [7, 11) is 1.60. The lowest BCUT2D eigenvalue weighted by molar-refractivity contribution is 0.414. The van der Waals surface area contributed by atoms with Crippen molar-refractivity contribution < 1.29 is 9.84 Å². The van der Waals surface area contributed by atoms with Gasteiger partial charge in [0.1, 0.15) is 5.75 Å². The standard InChI is InChI=1S/C15H14ClN3O2/c1-9-13(18-14-5-6-17-19(14)15(9)20)7-10-3-4-11(21-2)8-12(10)16/h3-6,8,20H,7H2,1-2H3. The van der Waals surface area contributed by atoms with Crippen molar-refractivity contribution >= 4 is 17.2 Å². The van der Waals surface area contributed by atoms with Gasteiger partial charge in [-0.3, -0.25) is 0 Å². The Morgan fingerprint density at radius 1 is 1.33 bits per heavy atom. The van der Waals surface area contributed by atoms with Crippen LogP contribution in [0.3, 0.4) is 0 Å². The monoisotopic (exact) mass is 303 g/mol. The Labute approximate surface area is 126 Å². The fourth-order valence-electron chi connectivity index (χ4n) is 2.21. The lowest BCUT2D eigenvalue weighted by atomic mass is 10.1. The molecule has 1 N–H and O–H groups in total. The number of benzene rings is 1. The molecule has 2 aromatic heterocycles. The summed E-state index contributed by atoms with van der Waals surface area (Å²) in [6.07, 6.45) is 2.13. The zero-order valence-corrected chi connectivity index (χ0v) is 12.4. The fraction of sp³-hybridized carbons (Fsp3) is 0.200. The van der Waals surface area contributed by atoms with E-state index in [4.69, 9.17) is 16.3 Å². The van der Waals surface area contributed by atoms with Crippen molar-refractivity contribution in [3.63, 3.8) is 0 Å². The van der Waals surface area contributed by atoms with Gasteiger partial charge in [-0.05, 0) is 24.6 Å². The van der Waals surface area contributed by atoms with Gasteiger partial charge in [-0.25, -0.2) is 4.98 Å². The van der Waals surface area contributed by atoms with E-state index in [0.29, 0.717) is 28.4 Å². The third kappa shape index (κ3) is 2.40. The van der Waals surface area contributed by atoms with Gasteiger partial charge in [0.25, 0.3) is 0 Å². The minimum absolute atomic E-state index is 0.102. The SMILES string of the molecule is COc1ccc(Cc2nc3ccnn3c(O)c2C)c(Cl)c1. The van der Waals surface area contributed by atoms with Crippen molar-refractivity contribution in [1.82, 2.24) is 14.6 Å². The summed E-state index contributed by atoms with van der Waals surface area (Å²) in [5, 5.41) is 14.8. The van der Waals surface area contributed by atoms with Crippen LogP contribution in [0.1, 0.15) is 16.8 Å². The maximum atomic E-state index is 10.2. The number of hydrogen-bond acceptors (Lipinski definition) is 4. The molecule has 0 aliphatic heterocycles. The van der Waals surface area contributed by atoms with Crippen molar-refractivity contribution in [2.75, 3.05) is 7.11 Å². The van der Waals surface area contributed by atoms with Gasteiger partial charge in [0, 0.05) is 23.1 Å². The number of rotatable bonds is 3. The highest BCUT2D eigenvalue weighted by atomic mass is 35.5. The van der Waals surface area contributed by atoms with E-state index in [2.05, 4.69) is 10.1 Å². The maximum absolute atomic E-state index is 10.2. The third-order valence-corrected chi connectivity index (χ3v) is 3.81. The first-order chi connectivity index (χ1) is 10.1. The number of aromatic nitrogens is 3. The van der Waals surface area contributed by atoms with Crippen LogP contribution in [0.5, 0.6) is 11.6 Å². The molecule has 2 heterocycles. The Kier molecular flexibility index (Phi) is 3.43. The van der Waals surface area contributed by atoms with Crippen molar-refractivity contribution in [3.05, 3.63) is 52.3 Å². The number of halogens is 1. The molecular weight excluding hydrogens is 290 g/mol. The van der Waals surface area contributed by atoms with Gasteiger partial charge in [-0.2, -0.15) is 9.61 Å². The van der Waals surface area contributed by atoms with Gasteiger partial charge < -0.3 is 9.84 Å². The molecule has 0 saturated carbocycles. The average molecular weight is 304 g/mol. The predicted molar refractivity (Wildman–Crippen MR) is 80.2 cm³/mol. The minimum Gasteiger partial charge on any atom is -0.497 e. The average Bonchev–Trinajstić information content (AvgIpc) is 2.94. The summed E-state index contributed by atoms with van der Waals surface area (Å²) in [5.74, 6) is 0.812. The highest BCUT2D eigenvalue weighted by molar-refractivity contribution is 6.31. The number of nitrogens with zero attached hydrogens (tertiary/aromatic N) is 3. The summed E-state index contributed by atoms with van der Waals surface area (Å²) in [5.41, 5.74) is 3.00. The molecule has 21 heavy (non-hydrogen) atoms. The molecule has 0 saturated heterocycles. The van der Waals surface area contributed by atoms with Crippen LogP contribution in [-0.4, -0.2) is 26.8 Å². The maximum Gasteiger partial charge on any atom is 0.218 e. The van der Waals surface area contributed by atoms with Crippen molar-refractivity contribution in [2.24, 2.45) is 0 Å². The van der Waals surface area contributed by atoms with Gasteiger partial charge in [-0.15, -0.1) is 0 Å². The summed E-state index contributed by atoms with van der Waals surface area (Å²) in [4.78, 5) is 4.53. The summed E-state index contributed by atoms with van der Waals surface area (Å²) < 4.78 is 6.55. The first kappa shape index (κ1) is 13.7. The van der Waals surface area contributed by atoms with Gasteiger partial charge in [0.05, 0.1) is 19.0 Å². The molecule has 0 spiro atoms. The van der Waals surface area contributed by atoms with E-state index in [1.54, 1.807) is 25.4 Å². The van der Waals surface area contributed by atoms with Gasteiger partial charge in [0.15, 0.2) is 5.65 Å². The smallest absolute Gasteiger partial charge is 0.218 e. The molecule has 1 aromatic carbocycles. The van der Waals surface area contributed by atoms with Crippen molar-refractivity contribution in [2.45, 2.75) is 13.3 Å². The Morgan fingerprint density at radius 3 is 2.86 bits per heavy atom. The molecule has 3 aromatic rings. The van der Waals surface area contributed by atoms with E-state index < -0.39 is 0 Å². The molecule has 0 radical (unpaired) electrons. The number of ether oxygens (including phenoxy) is 1. The van der Waals surface area contributed by atoms with Crippen molar-refractivity contribution in [3.8, 4) is 11.6 Å². The Hall–Kier alpha value is -2.27. The van der Waals surface area contributed by atoms with E-state index in [9.17, 15) is 5.11 Å². The fourth-order valence-corrected chi connectivity index (χ4v) is 2.44. The highest BCUT2D eigenvalue weighted by Gasteiger charge is 2.13. The zero-order chi connectivity index (χ0) is 15.0. The number of hydrogen-bond donors (Lipinski definition) is 1. The molecule has 0 unspecified atom stereocenters. The second kappa shape index (κ2) is 5.26. The first-order valence-electron chi connectivity index (χ1n) is 6.44. The number of fused-ring (bicyclic) bond motifs is 1. The second-order valence-electron chi connectivity index (χ2n) is 4.74. The van der Waals surface area contributed by atoms with Crippen LogP contribution in [-0.2, 0) is 6.42 Å². The van der Waals surface area contributed by atoms with E-state index in [1.165, 1.54) is 4.52 Å². The minimum atomic E-state index is 0.102. The Morgan fingerprint density at radius 2 is 2.14 bits per heavy atom. The predicted octanol–water partition coefficient (Wildman–Crippen LogP) is 3.00. The normalized spacial score (nSPS) is 11.0. The molecule has 108 valence electrons. The molecule has 5 nitrogen and oxygen atoms in total. The van der Waals surface area contributed by atoms with Crippen LogP contribution in [0.4, 0.5) is 0 Å². The summed E-state index contributed by atoms with van der Waals surface area (Å²) in [6.45, 7) is 1.82. The van der Waals surface area contributed by atoms with Gasteiger partial charge in [-0.1, -0.05) is 17.7 Å². The van der Waals surface area contributed by atoms with Crippen LogP contribution < -0.4 is 4.74 Å². The molecule has 6 heteroatoms. The number of aromatic hydroxyl groups is 1. The topological polar surface area (TPSA) is 59.7 Å². The van der Waals surface area contributed by atoms with Crippen molar-refractivity contribution in [1.29, 1.82) is 0 Å². The van der Waals surface area contributed by atoms with E-state index >= 15 is 0 Å². The third-order valence-electron chi connectivity index (χ3n) is 3.46. The van der Waals surface area contributed by atoms with E-state index in [1.807, 2.05) is 19.1 Å². The second-order valence-corrected chi connectivity index (χ2v) is 5.15. The Bertz CT molecular complexity index is 814. The quantitative estimate of drug-likeness (QED) is 0.808. The zero-order valence-electron chi connectivity index (χ0n) is 11.7.